The van der Waals surface area contributed by atoms with Crippen molar-refractivity contribution in [2.45, 2.75) is 25.2 Å². The van der Waals surface area contributed by atoms with E-state index in [1.807, 2.05) is 0 Å². The Kier molecular flexibility index (Phi) is 2.89. The highest BCUT2D eigenvalue weighted by atomic mass is 16.1. The molecule has 0 atom stereocenters. The number of primary amides is 1. The van der Waals surface area contributed by atoms with Crippen LogP contribution in [-0.2, 0) is 4.79 Å². The summed E-state index contributed by atoms with van der Waals surface area (Å²) in [5.74, 6) is 1.26. The molecule has 1 aliphatic rings. The molecule has 1 aliphatic carbocycles. The maximum atomic E-state index is 11.3. The van der Waals surface area contributed by atoms with Gasteiger partial charge in [-0.25, -0.2) is 4.98 Å². The zero-order valence-electron chi connectivity index (χ0n) is 8.82. The highest BCUT2D eigenvalue weighted by molar-refractivity contribution is 5.74. The molecule has 4 N–H and O–H groups in total. The van der Waals surface area contributed by atoms with Crippen molar-refractivity contribution in [1.82, 2.24) is 9.97 Å². The molecule has 0 radical (unpaired) electrons. The number of anilines is 1. The number of rotatable bonds is 5. The van der Waals surface area contributed by atoms with Gasteiger partial charge in [-0.2, -0.15) is 0 Å². The zero-order valence-corrected chi connectivity index (χ0v) is 8.82. The van der Waals surface area contributed by atoms with Crippen molar-refractivity contribution in [2.75, 3.05) is 11.9 Å². The van der Waals surface area contributed by atoms with Crippen LogP contribution in [0.4, 0.5) is 5.82 Å². The van der Waals surface area contributed by atoms with Crippen LogP contribution in [0.15, 0.2) is 10.9 Å². The van der Waals surface area contributed by atoms with E-state index in [0.717, 1.165) is 18.7 Å². The fourth-order valence-electron chi connectivity index (χ4n) is 1.43. The highest BCUT2D eigenvalue weighted by Gasteiger charge is 2.26. The second-order valence-corrected chi connectivity index (χ2v) is 3.93. The fourth-order valence-corrected chi connectivity index (χ4v) is 1.43. The van der Waals surface area contributed by atoms with E-state index in [0.29, 0.717) is 18.3 Å². The summed E-state index contributed by atoms with van der Waals surface area (Å²) >= 11 is 0. The fraction of sp³-hybridized carbons (Fsp3) is 0.500. The van der Waals surface area contributed by atoms with Crippen molar-refractivity contribution in [3.8, 4) is 0 Å². The Bertz CT molecular complexity index is 450. The Labute approximate surface area is 92.3 Å². The average molecular weight is 222 g/mol. The van der Waals surface area contributed by atoms with E-state index in [2.05, 4.69) is 15.3 Å². The number of nitrogens with two attached hydrogens (primary N) is 1. The predicted molar refractivity (Wildman–Crippen MR) is 59.1 cm³/mol. The maximum Gasteiger partial charge on any atom is 0.252 e. The summed E-state index contributed by atoms with van der Waals surface area (Å²) in [6, 6.07) is 1.38. The smallest absolute Gasteiger partial charge is 0.252 e. The number of nitrogens with one attached hydrogen (secondary N) is 2. The summed E-state index contributed by atoms with van der Waals surface area (Å²) in [7, 11) is 0. The van der Waals surface area contributed by atoms with Crippen molar-refractivity contribution in [3.05, 3.63) is 22.2 Å². The third-order valence-electron chi connectivity index (χ3n) is 2.40. The van der Waals surface area contributed by atoms with Crippen molar-refractivity contribution in [3.63, 3.8) is 0 Å². The van der Waals surface area contributed by atoms with E-state index in [9.17, 15) is 9.59 Å². The summed E-state index contributed by atoms with van der Waals surface area (Å²) in [6.45, 7) is 0.399. The van der Waals surface area contributed by atoms with Gasteiger partial charge >= 0.3 is 0 Å². The Balaban J connectivity index is 2.02. The van der Waals surface area contributed by atoms with Crippen LogP contribution in [-0.4, -0.2) is 22.4 Å². The summed E-state index contributed by atoms with van der Waals surface area (Å²) < 4.78 is 0. The Hall–Kier alpha value is -1.85. The van der Waals surface area contributed by atoms with Crippen LogP contribution in [0.3, 0.4) is 0 Å². The van der Waals surface area contributed by atoms with Gasteiger partial charge < -0.3 is 16.0 Å². The molecule has 0 spiro atoms. The number of carbonyl (C=O) groups excluding carboxylic acids is 1. The number of nitrogens with zero attached hydrogens (tertiary/aromatic N) is 1. The molecule has 1 aromatic rings. The third-order valence-corrected chi connectivity index (χ3v) is 2.40. The molecule has 6 heteroatoms. The van der Waals surface area contributed by atoms with Gasteiger partial charge in [0, 0.05) is 24.9 Å². The van der Waals surface area contributed by atoms with E-state index in [1.54, 1.807) is 0 Å². The number of aromatic nitrogens is 2. The minimum atomic E-state index is -0.375. The number of hydrogen-bond acceptors (Lipinski definition) is 4. The van der Waals surface area contributed by atoms with Gasteiger partial charge in [0.2, 0.25) is 5.91 Å². The summed E-state index contributed by atoms with van der Waals surface area (Å²) in [5, 5.41) is 2.91. The van der Waals surface area contributed by atoms with Crippen LogP contribution in [0.5, 0.6) is 0 Å². The number of hydrogen-bond donors (Lipinski definition) is 3. The first-order valence-electron chi connectivity index (χ1n) is 5.28. The third kappa shape index (κ3) is 2.82. The number of amides is 1. The topological polar surface area (TPSA) is 101 Å². The van der Waals surface area contributed by atoms with Gasteiger partial charge in [0.25, 0.3) is 5.56 Å². The molecular weight excluding hydrogens is 208 g/mol. The van der Waals surface area contributed by atoms with Gasteiger partial charge in [-0.3, -0.25) is 9.59 Å². The standard InChI is InChI=1S/C10H14N4O2/c11-7(15)3-4-12-8-5-9(16)14-10(13-8)6-1-2-6/h5-6H,1-4H2,(H2,11,15)(H2,12,13,14,16). The zero-order chi connectivity index (χ0) is 11.5. The van der Waals surface area contributed by atoms with Crippen LogP contribution in [0.1, 0.15) is 31.0 Å². The molecule has 16 heavy (non-hydrogen) atoms. The number of aromatic amines is 1. The van der Waals surface area contributed by atoms with Crippen LogP contribution in [0.25, 0.3) is 0 Å². The first-order chi connectivity index (χ1) is 7.65. The molecule has 2 rings (SSSR count). The largest absolute Gasteiger partial charge is 0.370 e. The number of H-pyrrole nitrogens is 1. The van der Waals surface area contributed by atoms with Gasteiger partial charge in [0.05, 0.1) is 0 Å². The van der Waals surface area contributed by atoms with Crippen LogP contribution in [0, 0.1) is 0 Å². The summed E-state index contributed by atoms with van der Waals surface area (Å²) in [6.07, 6.45) is 2.38. The van der Waals surface area contributed by atoms with Gasteiger partial charge in [0.15, 0.2) is 0 Å². The summed E-state index contributed by atoms with van der Waals surface area (Å²) in [4.78, 5) is 28.8. The lowest BCUT2D eigenvalue weighted by Gasteiger charge is -2.05. The van der Waals surface area contributed by atoms with Gasteiger partial charge in [-0.1, -0.05) is 0 Å². The molecule has 1 saturated carbocycles. The van der Waals surface area contributed by atoms with Gasteiger partial charge in [-0.05, 0) is 12.8 Å². The molecule has 1 amide bonds. The van der Waals surface area contributed by atoms with Gasteiger partial charge in [-0.15, -0.1) is 0 Å². The molecule has 6 nitrogen and oxygen atoms in total. The van der Waals surface area contributed by atoms with Crippen LogP contribution < -0.4 is 16.6 Å². The first kappa shape index (κ1) is 10.7. The minimum Gasteiger partial charge on any atom is -0.370 e. The molecule has 86 valence electrons. The Morgan fingerprint density at radius 1 is 1.62 bits per heavy atom. The van der Waals surface area contributed by atoms with Crippen molar-refractivity contribution >= 4 is 11.7 Å². The van der Waals surface area contributed by atoms with E-state index in [-0.39, 0.29) is 17.9 Å². The summed E-state index contributed by atoms with van der Waals surface area (Å²) in [5.41, 5.74) is 4.84. The molecule has 0 unspecified atom stereocenters. The lowest BCUT2D eigenvalue weighted by molar-refractivity contribution is -0.117. The number of carbonyl (C=O) groups is 1. The molecular formula is C10H14N4O2. The van der Waals surface area contributed by atoms with E-state index < -0.39 is 0 Å². The molecule has 1 fully saturated rings. The minimum absolute atomic E-state index is 0.168. The van der Waals surface area contributed by atoms with Crippen molar-refractivity contribution < 1.29 is 4.79 Å². The van der Waals surface area contributed by atoms with Crippen LogP contribution >= 0.6 is 0 Å². The molecule has 0 aromatic carbocycles. The first-order valence-corrected chi connectivity index (χ1v) is 5.28. The van der Waals surface area contributed by atoms with Crippen molar-refractivity contribution in [2.24, 2.45) is 5.73 Å². The maximum absolute atomic E-state index is 11.3. The molecule has 1 heterocycles. The highest BCUT2D eigenvalue weighted by Crippen LogP contribution is 2.37. The Morgan fingerprint density at radius 3 is 3.00 bits per heavy atom. The molecule has 0 saturated heterocycles. The van der Waals surface area contributed by atoms with E-state index in [1.165, 1.54) is 6.07 Å². The predicted octanol–water partition coefficient (Wildman–Crippen LogP) is -0.0654. The van der Waals surface area contributed by atoms with E-state index in [4.69, 9.17) is 5.73 Å². The normalized spacial score (nSPS) is 14.8. The van der Waals surface area contributed by atoms with E-state index >= 15 is 0 Å². The second kappa shape index (κ2) is 4.34. The monoisotopic (exact) mass is 222 g/mol. The van der Waals surface area contributed by atoms with Crippen molar-refractivity contribution in [1.29, 1.82) is 0 Å². The lowest BCUT2D eigenvalue weighted by atomic mass is 10.3. The second-order valence-electron chi connectivity index (χ2n) is 3.93. The average Bonchev–Trinajstić information content (AvgIpc) is 2.99. The molecule has 0 aliphatic heterocycles. The Morgan fingerprint density at radius 2 is 2.38 bits per heavy atom. The van der Waals surface area contributed by atoms with Crippen LogP contribution in [0.2, 0.25) is 0 Å². The quantitative estimate of drug-likeness (QED) is 0.649. The molecule has 1 aromatic heterocycles. The lowest BCUT2D eigenvalue weighted by Crippen LogP contribution is -2.18. The SMILES string of the molecule is NC(=O)CCNc1cc(=O)[nH]c(C2CC2)n1. The molecule has 0 bridgehead atoms. The van der Waals surface area contributed by atoms with Gasteiger partial charge in [0.1, 0.15) is 11.6 Å².